The van der Waals surface area contributed by atoms with E-state index in [1.807, 2.05) is 6.07 Å². The number of hydrogen-bond acceptors (Lipinski definition) is 6. The SMILES string of the molecule is N#Cc1ccc(S(=O)(=O)Oc2ccc3c(CCl)cc(=O)oc3c2)cc1. The largest absolute Gasteiger partial charge is 0.423 e. The van der Waals surface area contributed by atoms with E-state index in [4.69, 9.17) is 25.5 Å². The van der Waals surface area contributed by atoms with Crippen molar-refractivity contribution in [2.75, 3.05) is 0 Å². The van der Waals surface area contributed by atoms with Gasteiger partial charge in [-0.2, -0.15) is 13.7 Å². The number of hydrogen-bond donors (Lipinski definition) is 0. The van der Waals surface area contributed by atoms with Gasteiger partial charge in [-0.3, -0.25) is 0 Å². The highest BCUT2D eigenvalue weighted by Gasteiger charge is 2.17. The number of fused-ring (bicyclic) bond motifs is 1. The summed E-state index contributed by atoms with van der Waals surface area (Å²) in [6.45, 7) is 0. The minimum absolute atomic E-state index is 0.00766. The molecule has 1 aromatic heterocycles. The monoisotopic (exact) mass is 375 g/mol. The maximum Gasteiger partial charge on any atom is 0.339 e. The molecule has 0 amide bonds. The van der Waals surface area contributed by atoms with Crippen LogP contribution >= 0.6 is 11.6 Å². The molecule has 0 aliphatic heterocycles. The molecule has 3 rings (SSSR count). The van der Waals surface area contributed by atoms with E-state index in [1.54, 1.807) is 6.07 Å². The van der Waals surface area contributed by atoms with E-state index in [-0.39, 0.29) is 22.1 Å². The highest BCUT2D eigenvalue weighted by Crippen LogP contribution is 2.26. The summed E-state index contributed by atoms with van der Waals surface area (Å²) in [7, 11) is -4.09. The molecule has 1 heterocycles. The normalized spacial score (nSPS) is 11.2. The summed E-state index contributed by atoms with van der Waals surface area (Å²) in [4.78, 5) is 11.4. The minimum Gasteiger partial charge on any atom is -0.423 e. The second-order valence-electron chi connectivity index (χ2n) is 5.06. The molecule has 126 valence electrons. The van der Waals surface area contributed by atoms with Crippen LogP contribution in [-0.2, 0) is 16.0 Å². The maximum absolute atomic E-state index is 12.3. The van der Waals surface area contributed by atoms with Gasteiger partial charge in [0.1, 0.15) is 16.2 Å². The zero-order valence-electron chi connectivity index (χ0n) is 12.6. The van der Waals surface area contributed by atoms with Gasteiger partial charge in [-0.15, -0.1) is 11.6 Å². The van der Waals surface area contributed by atoms with Gasteiger partial charge in [0.05, 0.1) is 11.6 Å². The summed E-state index contributed by atoms with van der Waals surface area (Å²) < 4.78 is 34.8. The smallest absolute Gasteiger partial charge is 0.339 e. The molecule has 0 bridgehead atoms. The molecular weight excluding hydrogens is 366 g/mol. The summed E-state index contributed by atoms with van der Waals surface area (Å²) in [6.07, 6.45) is 0. The van der Waals surface area contributed by atoms with Crippen LogP contribution in [0.3, 0.4) is 0 Å². The van der Waals surface area contributed by atoms with Gasteiger partial charge in [-0.05, 0) is 42.0 Å². The van der Waals surface area contributed by atoms with Crippen molar-refractivity contribution in [2.45, 2.75) is 10.8 Å². The van der Waals surface area contributed by atoms with Crippen LogP contribution < -0.4 is 9.81 Å². The molecule has 0 atom stereocenters. The molecule has 0 saturated heterocycles. The van der Waals surface area contributed by atoms with E-state index in [0.29, 0.717) is 16.5 Å². The third kappa shape index (κ3) is 3.50. The molecule has 2 aromatic carbocycles. The second-order valence-corrected chi connectivity index (χ2v) is 6.87. The third-order valence-electron chi connectivity index (χ3n) is 3.42. The fourth-order valence-corrected chi connectivity index (χ4v) is 3.39. The molecule has 3 aromatic rings. The van der Waals surface area contributed by atoms with E-state index in [1.165, 1.54) is 42.5 Å². The Morgan fingerprint density at radius 2 is 1.84 bits per heavy atom. The van der Waals surface area contributed by atoms with Crippen LogP contribution in [0, 0.1) is 11.3 Å². The van der Waals surface area contributed by atoms with Gasteiger partial charge in [-0.1, -0.05) is 0 Å². The van der Waals surface area contributed by atoms with Crippen LogP contribution in [0.2, 0.25) is 0 Å². The second kappa shape index (κ2) is 6.59. The molecule has 0 N–H and O–H groups in total. The standard InChI is InChI=1S/C17H10ClNO5S/c18-9-12-7-17(20)23-16-8-13(3-6-15(12)16)24-25(21,22)14-4-1-11(10-19)2-5-14/h1-8H,9H2. The Morgan fingerprint density at radius 1 is 1.12 bits per heavy atom. The number of nitrogens with zero attached hydrogens (tertiary/aromatic N) is 1. The Kier molecular flexibility index (Phi) is 4.49. The van der Waals surface area contributed by atoms with Crippen molar-refractivity contribution >= 4 is 32.7 Å². The average molecular weight is 376 g/mol. The van der Waals surface area contributed by atoms with E-state index < -0.39 is 15.7 Å². The Balaban J connectivity index is 1.99. The highest BCUT2D eigenvalue weighted by atomic mass is 35.5. The van der Waals surface area contributed by atoms with Gasteiger partial charge in [0.25, 0.3) is 0 Å². The van der Waals surface area contributed by atoms with Crippen LogP contribution in [0.4, 0.5) is 0 Å². The predicted octanol–water partition coefficient (Wildman–Crippen LogP) is 3.17. The van der Waals surface area contributed by atoms with Crippen molar-refractivity contribution in [3.8, 4) is 11.8 Å². The lowest BCUT2D eigenvalue weighted by Crippen LogP contribution is -2.09. The lowest BCUT2D eigenvalue weighted by molar-refractivity contribution is 0.485. The molecule has 25 heavy (non-hydrogen) atoms. The number of alkyl halides is 1. The molecular formula is C17H10ClNO5S. The molecule has 0 saturated carbocycles. The molecule has 0 aliphatic rings. The summed E-state index contributed by atoms with van der Waals surface area (Å²) in [5.74, 6) is 0.109. The first-order valence-electron chi connectivity index (χ1n) is 7.00. The topological polar surface area (TPSA) is 97.4 Å². The summed E-state index contributed by atoms with van der Waals surface area (Å²) in [5, 5.41) is 9.35. The fraction of sp³-hybridized carbons (Fsp3) is 0.0588. The first kappa shape index (κ1) is 17.0. The highest BCUT2D eigenvalue weighted by molar-refractivity contribution is 7.87. The molecule has 8 heteroatoms. The van der Waals surface area contributed by atoms with Crippen molar-refractivity contribution in [1.82, 2.24) is 0 Å². The number of benzene rings is 2. The Labute approximate surface area is 148 Å². The fourth-order valence-electron chi connectivity index (χ4n) is 2.24. The van der Waals surface area contributed by atoms with E-state index in [0.717, 1.165) is 0 Å². The van der Waals surface area contributed by atoms with Crippen LogP contribution in [0.5, 0.6) is 5.75 Å². The summed E-state index contributed by atoms with van der Waals surface area (Å²) in [6, 6.07) is 12.8. The number of halogens is 1. The first-order valence-corrected chi connectivity index (χ1v) is 8.94. The summed E-state index contributed by atoms with van der Waals surface area (Å²) >= 11 is 5.80. The first-order chi connectivity index (χ1) is 11.9. The molecule has 0 fully saturated rings. The van der Waals surface area contributed by atoms with E-state index in [2.05, 4.69) is 0 Å². The molecule has 0 radical (unpaired) electrons. The third-order valence-corrected chi connectivity index (χ3v) is 4.97. The van der Waals surface area contributed by atoms with Gasteiger partial charge in [-0.25, -0.2) is 4.79 Å². The van der Waals surface area contributed by atoms with Gasteiger partial charge >= 0.3 is 15.7 Å². The number of rotatable bonds is 4. The lowest BCUT2D eigenvalue weighted by Gasteiger charge is -2.08. The van der Waals surface area contributed by atoms with Gasteiger partial charge in [0.2, 0.25) is 0 Å². The zero-order chi connectivity index (χ0) is 18.0. The van der Waals surface area contributed by atoms with Crippen LogP contribution in [0.25, 0.3) is 11.0 Å². The maximum atomic E-state index is 12.3. The van der Waals surface area contributed by atoms with Crippen molar-refractivity contribution in [2.24, 2.45) is 0 Å². The van der Waals surface area contributed by atoms with Crippen molar-refractivity contribution < 1.29 is 17.0 Å². The number of nitriles is 1. The van der Waals surface area contributed by atoms with Crippen LogP contribution in [0.1, 0.15) is 11.1 Å². The molecule has 0 spiro atoms. The Morgan fingerprint density at radius 3 is 2.48 bits per heavy atom. The van der Waals surface area contributed by atoms with Crippen molar-refractivity contribution in [3.63, 3.8) is 0 Å². The molecule has 0 aliphatic carbocycles. The Bertz CT molecular complexity index is 1140. The minimum atomic E-state index is -4.09. The van der Waals surface area contributed by atoms with Crippen LogP contribution in [-0.4, -0.2) is 8.42 Å². The molecule has 0 unspecified atom stereocenters. The zero-order valence-corrected chi connectivity index (χ0v) is 14.2. The van der Waals surface area contributed by atoms with Gasteiger partial charge in [0.15, 0.2) is 0 Å². The Hall–Kier alpha value is -2.82. The average Bonchev–Trinajstić information content (AvgIpc) is 2.60. The van der Waals surface area contributed by atoms with Gasteiger partial charge < -0.3 is 8.60 Å². The van der Waals surface area contributed by atoms with Crippen molar-refractivity contribution in [1.29, 1.82) is 5.26 Å². The van der Waals surface area contributed by atoms with Gasteiger partial charge in [0, 0.05) is 23.4 Å². The lowest BCUT2D eigenvalue weighted by atomic mass is 10.1. The van der Waals surface area contributed by atoms with E-state index >= 15 is 0 Å². The van der Waals surface area contributed by atoms with Crippen molar-refractivity contribution in [3.05, 3.63) is 70.1 Å². The summed E-state index contributed by atoms with van der Waals surface area (Å²) in [5.41, 5.74) is 0.500. The van der Waals surface area contributed by atoms with Crippen LogP contribution in [0.15, 0.2) is 62.6 Å². The predicted molar refractivity (Wildman–Crippen MR) is 91.0 cm³/mol. The van der Waals surface area contributed by atoms with E-state index in [9.17, 15) is 13.2 Å². The molecule has 6 nitrogen and oxygen atoms in total. The quantitative estimate of drug-likeness (QED) is 0.394.